The lowest BCUT2D eigenvalue weighted by Gasteiger charge is -2.13. The van der Waals surface area contributed by atoms with Crippen LogP contribution in [0.5, 0.6) is 11.5 Å². The van der Waals surface area contributed by atoms with Crippen molar-refractivity contribution in [2.24, 2.45) is 5.10 Å². The average Bonchev–Trinajstić information content (AvgIpc) is 2.59. The zero-order valence-corrected chi connectivity index (χ0v) is 17.4. The maximum absolute atomic E-state index is 12.3. The Labute approximate surface area is 169 Å². The largest absolute Gasteiger partial charge is 0.494 e. The highest BCUT2D eigenvalue weighted by atomic mass is 35.5. The molecular weight excluding hydrogens is 411 g/mol. The van der Waals surface area contributed by atoms with Gasteiger partial charge in [-0.1, -0.05) is 23.2 Å². The van der Waals surface area contributed by atoms with E-state index in [0.29, 0.717) is 33.7 Å². The van der Waals surface area contributed by atoms with Gasteiger partial charge in [-0.2, -0.15) is 13.5 Å². The molecule has 0 atom stereocenters. The predicted molar refractivity (Wildman–Crippen MR) is 108 cm³/mol. The highest BCUT2D eigenvalue weighted by Gasteiger charge is 2.13. The first-order chi connectivity index (χ1) is 12.7. The molecular formula is C18H20Cl2N2O4S. The monoisotopic (exact) mass is 430 g/mol. The zero-order valence-electron chi connectivity index (χ0n) is 15.1. The normalized spacial score (nSPS) is 11.8. The molecule has 0 saturated carbocycles. The second-order valence-corrected chi connectivity index (χ2v) is 8.21. The summed E-state index contributed by atoms with van der Waals surface area (Å²) in [6.45, 7) is 6.07. The minimum atomic E-state index is -3.80. The van der Waals surface area contributed by atoms with Crippen LogP contribution in [0, 0.1) is 0 Å². The van der Waals surface area contributed by atoms with Gasteiger partial charge in [-0.3, -0.25) is 0 Å². The summed E-state index contributed by atoms with van der Waals surface area (Å²) in [6.07, 6.45) is 1.23. The zero-order chi connectivity index (χ0) is 20.0. The number of sulfonamides is 1. The van der Waals surface area contributed by atoms with E-state index in [2.05, 4.69) is 9.93 Å². The summed E-state index contributed by atoms with van der Waals surface area (Å²) in [5.41, 5.74) is 0.524. The Balaban J connectivity index is 2.11. The molecule has 6 nitrogen and oxygen atoms in total. The van der Waals surface area contributed by atoms with Gasteiger partial charge in [0, 0.05) is 0 Å². The summed E-state index contributed by atoms with van der Waals surface area (Å²) in [5, 5.41) is 4.39. The number of benzene rings is 2. The number of halogens is 2. The lowest BCUT2D eigenvalue weighted by atomic mass is 10.2. The molecule has 27 heavy (non-hydrogen) atoms. The van der Waals surface area contributed by atoms with Crippen LogP contribution in [-0.2, 0) is 10.0 Å². The van der Waals surface area contributed by atoms with Gasteiger partial charge >= 0.3 is 0 Å². The molecule has 9 heteroatoms. The first kappa shape index (κ1) is 21.3. The summed E-state index contributed by atoms with van der Waals surface area (Å²) >= 11 is 12.3. The number of hydrogen-bond acceptors (Lipinski definition) is 5. The second-order valence-electron chi connectivity index (χ2n) is 5.74. The molecule has 0 heterocycles. The summed E-state index contributed by atoms with van der Waals surface area (Å²) in [6, 6.07) is 9.20. The fourth-order valence-electron chi connectivity index (χ4n) is 2.11. The lowest BCUT2D eigenvalue weighted by molar-refractivity contribution is 0.243. The molecule has 0 amide bonds. The first-order valence-electron chi connectivity index (χ1n) is 8.16. The molecule has 2 rings (SSSR count). The Hall–Kier alpha value is -1.96. The number of rotatable bonds is 8. The molecule has 0 aliphatic carbocycles. The first-order valence-corrected chi connectivity index (χ1v) is 10.4. The molecule has 0 aliphatic heterocycles. The quantitative estimate of drug-likeness (QED) is 0.494. The van der Waals surface area contributed by atoms with Crippen LogP contribution >= 0.6 is 23.2 Å². The Morgan fingerprint density at radius 1 is 1.15 bits per heavy atom. The molecule has 0 bridgehead atoms. The predicted octanol–water partition coefficient (Wildman–Crippen LogP) is 4.49. The molecule has 0 aliphatic rings. The standard InChI is InChI=1S/C18H20Cl2N2O4S/c1-4-25-14-5-7-15(8-6-14)27(23,24)22-21-11-13-9-16(19)18(17(20)10-13)26-12(2)3/h5-12,22H,4H2,1-3H3/b21-11+. The van der Waals surface area contributed by atoms with Crippen LogP contribution in [-0.4, -0.2) is 27.3 Å². The molecule has 146 valence electrons. The van der Waals surface area contributed by atoms with Crippen molar-refractivity contribution in [2.45, 2.75) is 31.8 Å². The van der Waals surface area contributed by atoms with E-state index < -0.39 is 10.0 Å². The van der Waals surface area contributed by atoms with Crippen LogP contribution in [0.15, 0.2) is 46.4 Å². The van der Waals surface area contributed by atoms with Crippen LogP contribution in [0.2, 0.25) is 10.0 Å². The van der Waals surface area contributed by atoms with Crippen LogP contribution < -0.4 is 14.3 Å². The van der Waals surface area contributed by atoms with E-state index in [0.717, 1.165) is 0 Å². The molecule has 1 N–H and O–H groups in total. The molecule has 2 aromatic rings. The van der Waals surface area contributed by atoms with Crippen molar-refractivity contribution in [1.29, 1.82) is 0 Å². The molecule has 0 aromatic heterocycles. The maximum Gasteiger partial charge on any atom is 0.276 e. The van der Waals surface area contributed by atoms with Crippen molar-refractivity contribution < 1.29 is 17.9 Å². The lowest BCUT2D eigenvalue weighted by Crippen LogP contribution is -2.18. The molecule has 0 radical (unpaired) electrons. The Bertz CT molecular complexity index is 890. The minimum absolute atomic E-state index is 0.0693. The van der Waals surface area contributed by atoms with Gasteiger partial charge in [0.25, 0.3) is 10.0 Å². The molecule has 2 aromatic carbocycles. The van der Waals surface area contributed by atoms with E-state index in [1.807, 2.05) is 20.8 Å². The average molecular weight is 431 g/mol. The smallest absolute Gasteiger partial charge is 0.276 e. The third kappa shape index (κ3) is 6.02. The van der Waals surface area contributed by atoms with E-state index in [1.54, 1.807) is 24.3 Å². The number of hydrogen-bond donors (Lipinski definition) is 1. The molecule has 0 unspecified atom stereocenters. The molecule has 0 spiro atoms. The summed E-state index contributed by atoms with van der Waals surface area (Å²) in [5.74, 6) is 0.966. The molecule has 0 fully saturated rings. The van der Waals surface area contributed by atoms with Crippen molar-refractivity contribution in [3.05, 3.63) is 52.0 Å². The van der Waals surface area contributed by atoms with Gasteiger partial charge in [0.2, 0.25) is 0 Å². The fourth-order valence-corrected chi connectivity index (χ4v) is 3.49. The minimum Gasteiger partial charge on any atom is -0.494 e. The van der Waals surface area contributed by atoms with Crippen molar-refractivity contribution in [3.8, 4) is 11.5 Å². The summed E-state index contributed by atoms with van der Waals surface area (Å²) in [7, 11) is -3.80. The number of nitrogens with one attached hydrogen (secondary N) is 1. The Morgan fingerprint density at radius 2 is 1.74 bits per heavy atom. The summed E-state index contributed by atoms with van der Waals surface area (Å²) in [4.78, 5) is 2.21. The third-order valence-electron chi connectivity index (χ3n) is 3.21. The third-order valence-corrected chi connectivity index (χ3v) is 5.01. The van der Waals surface area contributed by atoms with Gasteiger partial charge < -0.3 is 9.47 Å². The van der Waals surface area contributed by atoms with Gasteiger partial charge in [-0.05, 0) is 62.7 Å². The summed E-state index contributed by atoms with van der Waals surface area (Å²) < 4.78 is 35.4. The van der Waals surface area contributed by atoms with E-state index in [4.69, 9.17) is 32.7 Å². The van der Waals surface area contributed by atoms with Crippen LogP contribution in [0.25, 0.3) is 0 Å². The fraction of sp³-hybridized carbons (Fsp3) is 0.278. The number of hydrazone groups is 1. The van der Waals surface area contributed by atoms with Gasteiger partial charge in [-0.15, -0.1) is 0 Å². The number of ether oxygens (including phenoxy) is 2. The van der Waals surface area contributed by atoms with Crippen molar-refractivity contribution in [2.75, 3.05) is 6.61 Å². The Kier molecular flexibility index (Phi) is 7.35. The highest BCUT2D eigenvalue weighted by Crippen LogP contribution is 2.34. The van der Waals surface area contributed by atoms with Crippen molar-refractivity contribution >= 4 is 39.4 Å². The van der Waals surface area contributed by atoms with Gasteiger partial charge in [0.1, 0.15) is 5.75 Å². The van der Waals surface area contributed by atoms with E-state index in [1.165, 1.54) is 18.3 Å². The van der Waals surface area contributed by atoms with Gasteiger partial charge in [-0.25, -0.2) is 4.83 Å². The highest BCUT2D eigenvalue weighted by molar-refractivity contribution is 7.89. The van der Waals surface area contributed by atoms with Crippen molar-refractivity contribution in [3.63, 3.8) is 0 Å². The Morgan fingerprint density at radius 3 is 2.26 bits per heavy atom. The van der Waals surface area contributed by atoms with E-state index >= 15 is 0 Å². The van der Waals surface area contributed by atoms with Crippen molar-refractivity contribution in [1.82, 2.24) is 4.83 Å². The van der Waals surface area contributed by atoms with Gasteiger partial charge in [0.15, 0.2) is 5.75 Å². The van der Waals surface area contributed by atoms with Crippen LogP contribution in [0.4, 0.5) is 0 Å². The molecule has 0 saturated heterocycles. The number of nitrogens with zero attached hydrogens (tertiary/aromatic N) is 1. The van der Waals surface area contributed by atoms with Crippen LogP contribution in [0.3, 0.4) is 0 Å². The van der Waals surface area contributed by atoms with E-state index in [9.17, 15) is 8.42 Å². The maximum atomic E-state index is 12.3. The second kappa shape index (κ2) is 9.30. The van der Waals surface area contributed by atoms with Gasteiger partial charge in [0.05, 0.1) is 33.9 Å². The SMILES string of the molecule is CCOc1ccc(S(=O)(=O)N/N=C/c2cc(Cl)c(OC(C)C)c(Cl)c2)cc1. The topological polar surface area (TPSA) is 77.0 Å². The van der Waals surface area contributed by atoms with Crippen LogP contribution in [0.1, 0.15) is 26.3 Å². The van der Waals surface area contributed by atoms with E-state index in [-0.39, 0.29) is 11.0 Å².